The van der Waals surface area contributed by atoms with Gasteiger partial charge in [-0.25, -0.2) is 18.2 Å². The van der Waals surface area contributed by atoms with Gasteiger partial charge in [0, 0.05) is 31.5 Å². The van der Waals surface area contributed by atoms with Crippen molar-refractivity contribution in [2.75, 3.05) is 57.5 Å². The minimum absolute atomic E-state index is 0.000433. The summed E-state index contributed by atoms with van der Waals surface area (Å²) in [5.74, 6) is 5.28. The molecule has 0 saturated carbocycles. The standard InChI is InChI=1S/C35H34F3N5O3/c1-2-5-27-28-31(29(38)30(39-27)25-7-3-6-22-8-9-23(36)16-26(22)25)40-33(45-20-34-10-4-12-43(34)18-24(37)17-34)41-32(28)42-13-15-44-21-35(19-42)11-14-46-35/h3,6-9,16,24H,4,10-15,17-21H2,1H3/t24-,34+,35?/m1/s1. The Balaban J connectivity index is 1.31. The monoisotopic (exact) mass is 629 g/mol. The van der Waals surface area contributed by atoms with Gasteiger partial charge >= 0.3 is 6.01 Å². The van der Waals surface area contributed by atoms with Crippen LogP contribution in [0, 0.1) is 23.5 Å². The van der Waals surface area contributed by atoms with Crippen LogP contribution in [-0.4, -0.2) is 89.8 Å². The zero-order valence-electron chi connectivity index (χ0n) is 25.6. The Kier molecular flexibility index (Phi) is 7.27. The number of nitrogens with zero attached hydrogens (tertiary/aromatic N) is 5. The number of rotatable bonds is 5. The number of alkyl halides is 1. The van der Waals surface area contributed by atoms with Crippen LogP contribution in [0.3, 0.4) is 0 Å². The lowest BCUT2D eigenvalue weighted by molar-refractivity contribution is -0.167. The molecule has 4 fully saturated rings. The molecule has 3 atom stereocenters. The Hall–Kier alpha value is -3.98. The van der Waals surface area contributed by atoms with Crippen LogP contribution >= 0.6 is 0 Å². The minimum Gasteiger partial charge on any atom is -0.461 e. The highest BCUT2D eigenvalue weighted by atomic mass is 19.1. The Morgan fingerprint density at radius 3 is 2.80 bits per heavy atom. The molecular formula is C35H34F3N5O3. The van der Waals surface area contributed by atoms with Crippen molar-refractivity contribution < 1.29 is 27.4 Å². The second kappa shape index (κ2) is 11.4. The molecule has 4 aliphatic heterocycles. The molecule has 238 valence electrons. The van der Waals surface area contributed by atoms with E-state index in [1.54, 1.807) is 25.1 Å². The van der Waals surface area contributed by atoms with E-state index in [2.05, 4.69) is 21.7 Å². The average Bonchev–Trinajstić information content (AvgIpc) is 3.45. The summed E-state index contributed by atoms with van der Waals surface area (Å²) in [7, 11) is 0. The van der Waals surface area contributed by atoms with Gasteiger partial charge in [0.15, 0.2) is 5.82 Å². The highest BCUT2D eigenvalue weighted by molar-refractivity contribution is 6.01. The number of hydrogen-bond acceptors (Lipinski definition) is 8. The van der Waals surface area contributed by atoms with Gasteiger partial charge in [0.1, 0.15) is 46.9 Å². The van der Waals surface area contributed by atoms with E-state index in [1.807, 2.05) is 11.0 Å². The first-order valence-electron chi connectivity index (χ1n) is 15.9. The SMILES string of the molecule is CC#Cc1nc(-c2cccc3ccc(F)cc23)c(F)c2nc(OC[C@@]34CCCN3C[C@H](F)C4)nc(N3CCOCC4(CCO4)C3)c12. The first-order chi connectivity index (χ1) is 22.4. The maximum Gasteiger partial charge on any atom is 0.319 e. The maximum absolute atomic E-state index is 17.0. The first kappa shape index (κ1) is 29.4. The van der Waals surface area contributed by atoms with Gasteiger partial charge in [0.05, 0.1) is 37.3 Å². The molecule has 8 rings (SSSR count). The number of fused-ring (bicyclic) bond motifs is 3. The second-order valence-corrected chi connectivity index (χ2v) is 12.8. The van der Waals surface area contributed by atoms with Crippen molar-refractivity contribution in [2.45, 2.75) is 49.9 Å². The largest absolute Gasteiger partial charge is 0.461 e. The normalized spacial score (nSPS) is 26.2. The summed E-state index contributed by atoms with van der Waals surface area (Å²) in [6.45, 7) is 5.55. The fourth-order valence-electron chi connectivity index (χ4n) is 7.63. The minimum atomic E-state index is -0.917. The molecule has 0 amide bonds. The third-order valence-corrected chi connectivity index (χ3v) is 9.93. The highest BCUT2D eigenvalue weighted by Crippen LogP contribution is 2.42. The van der Waals surface area contributed by atoms with Crippen LogP contribution in [-0.2, 0) is 9.47 Å². The van der Waals surface area contributed by atoms with Crippen LogP contribution in [0.5, 0.6) is 6.01 Å². The zero-order chi connectivity index (χ0) is 31.5. The van der Waals surface area contributed by atoms with Gasteiger partial charge in [-0.2, -0.15) is 9.97 Å². The maximum atomic E-state index is 17.0. The molecule has 11 heteroatoms. The number of halogens is 3. The fourth-order valence-corrected chi connectivity index (χ4v) is 7.63. The second-order valence-electron chi connectivity index (χ2n) is 12.8. The number of ether oxygens (including phenoxy) is 3. The topological polar surface area (TPSA) is 72.8 Å². The third-order valence-electron chi connectivity index (χ3n) is 9.93. The van der Waals surface area contributed by atoms with Gasteiger partial charge in [0.2, 0.25) is 0 Å². The van der Waals surface area contributed by atoms with Gasteiger partial charge in [-0.1, -0.05) is 30.2 Å². The van der Waals surface area contributed by atoms with Crippen molar-refractivity contribution >= 4 is 27.5 Å². The number of anilines is 1. The van der Waals surface area contributed by atoms with E-state index in [4.69, 9.17) is 24.2 Å². The molecule has 4 aliphatic rings. The molecule has 2 aromatic carbocycles. The molecule has 0 radical (unpaired) electrons. The van der Waals surface area contributed by atoms with Gasteiger partial charge in [0.25, 0.3) is 0 Å². The number of hydrogen-bond donors (Lipinski definition) is 0. The van der Waals surface area contributed by atoms with E-state index >= 15 is 4.39 Å². The van der Waals surface area contributed by atoms with Crippen molar-refractivity contribution in [1.29, 1.82) is 0 Å². The van der Waals surface area contributed by atoms with E-state index in [1.165, 1.54) is 12.1 Å². The molecule has 6 heterocycles. The van der Waals surface area contributed by atoms with Crippen molar-refractivity contribution in [3.05, 3.63) is 53.7 Å². The Morgan fingerprint density at radius 1 is 1.09 bits per heavy atom. The molecule has 4 aromatic rings. The van der Waals surface area contributed by atoms with Crippen LogP contribution < -0.4 is 9.64 Å². The van der Waals surface area contributed by atoms with Gasteiger partial charge in [-0.3, -0.25) is 4.90 Å². The Labute approximate surface area is 264 Å². The fraction of sp³-hybridized carbons (Fsp3) is 0.457. The van der Waals surface area contributed by atoms with Crippen molar-refractivity contribution in [3.8, 4) is 29.1 Å². The number of benzene rings is 2. The lowest BCUT2D eigenvalue weighted by Crippen LogP contribution is -2.54. The van der Waals surface area contributed by atoms with E-state index in [-0.39, 0.29) is 23.8 Å². The molecule has 1 spiro atoms. The third kappa shape index (κ3) is 4.94. The average molecular weight is 630 g/mol. The summed E-state index contributed by atoms with van der Waals surface area (Å²) in [5.41, 5.74) is -0.204. The molecular weight excluding hydrogens is 595 g/mol. The van der Waals surface area contributed by atoms with E-state index in [0.717, 1.165) is 31.2 Å². The lowest BCUT2D eigenvalue weighted by Gasteiger charge is -2.43. The molecule has 2 aromatic heterocycles. The van der Waals surface area contributed by atoms with E-state index in [9.17, 15) is 8.78 Å². The van der Waals surface area contributed by atoms with Crippen molar-refractivity contribution in [3.63, 3.8) is 0 Å². The lowest BCUT2D eigenvalue weighted by atomic mass is 9.95. The molecule has 0 aliphatic carbocycles. The van der Waals surface area contributed by atoms with E-state index in [0.29, 0.717) is 73.7 Å². The highest BCUT2D eigenvalue weighted by Gasteiger charge is 2.49. The summed E-state index contributed by atoms with van der Waals surface area (Å²) in [6, 6.07) is 9.74. The summed E-state index contributed by atoms with van der Waals surface area (Å²) in [4.78, 5) is 18.4. The predicted octanol–water partition coefficient (Wildman–Crippen LogP) is 5.45. The Bertz CT molecular complexity index is 1910. The molecule has 0 N–H and O–H groups in total. The molecule has 8 nitrogen and oxygen atoms in total. The number of aromatic nitrogens is 3. The summed E-state index contributed by atoms with van der Waals surface area (Å²) in [6.07, 6.45) is 2.07. The van der Waals surface area contributed by atoms with Crippen LogP contribution in [0.2, 0.25) is 0 Å². The van der Waals surface area contributed by atoms with Gasteiger partial charge in [-0.15, -0.1) is 0 Å². The van der Waals surface area contributed by atoms with Crippen molar-refractivity contribution in [1.82, 2.24) is 19.9 Å². The quantitative estimate of drug-likeness (QED) is 0.270. The van der Waals surface area contributed by atoms with Gasteiger partial charge in [-0.05, 0) is 55.1 Å². The smallest absolute Gasteiger partial charge is 0.319 e. The Morgan fingerprint density at radius 2 is 1.98 bits per heavy atom. The first-order valence-corrected chi connectivity index (χ1v) is 15.9. The summed E-state index contributed by atoms with van der Waals surface area (Å²) in [5, 5.41) is 1.62. The predicted molar refractivity (Wildman–Crippen MR) is 168 cm³/mol. The van der Waals surface area contributed by atoms with E-state index < -0.39 is 28.9 Å². The van der Waals surface area contributed by atoms with Crippen LogP contribution in [0.1, 0.15) is 38.3 Å². The zero-order valence-corrected chi connectivity index (χ0v) is 25.6. The van der Waals surface area contributed by atoms with Crippen molar-refractivity contribution in [2.24, 2.45) is 0 Å². The molecule has 1 unspecified atom stereocenters. The molecule has 0 bridgehead atoms. The molecule has 46 heavy (non-hydrogen) atoms. The van der Waals surface area contributed by atoms with Crippen LogP contribution in [0.4, 0.5) is 19.0 Å². The van der Waals surface area contributed by atoms with Crippen LogP contribution in [0.15, 0.2) is 36.4 Å². The molecule has 4 saturated heterocycles. The van der Waals surface area contributed by atoms with Crippen LogP contribution in [0.25, 0.3) is 32.9 Å². The number of pyridine rings is 1. The van der Waals surface area contributed by atoms with Gasteiger partial charge < -0.3 is 19.1 Å². The summed E-state index contributed by atoms with van der Waals surface area (Å²) >= 11 is 0. The summed E-state index contributed by atoms with van der Waals surface area (Å²) < 4.78 is 64.2.